The van der Waals surface area contributed by atoms with E-state index < -0.39 is 10.0 Å². The van der Waals surface area contributed by atoms with E-state index in [0.717, 1.165) is 23.1 Å². The number of piperidine rings is 1. The van der Waals surface area contributed by atoms with Gasteiger partial charge in [-0.05, 0) is 68.9 Å². The number of ether oxygens (including phenoxy) is 1. The number of benzene rings is 2. The third-order valence-corrected chi connectivity index (χ3v) is 8.09. The van der Waals surface area contributed by atoms with Crippen LogP contribution >= 0.6 is 0 Å². The molecule has 1 amide bonds. The number of nitrogens with zero attached hydrogens (tertiary/aromatic N) is 1. The van der Waals surface area contributed by atoms with E-state index in [-0.39, 0.29) is 17.9 Å². The van der Waals surface area contributed by atoms with E-state index >= 15 is 0 Å². The molecule has 1 N–H and O–H groups in total. The van der Waals surface area contributed by atoms with Gasteiger partial charge in [0.1, 0.15) is 0 Å². The van der Waals surface area contributed by atoms with E-state index in [1.54, 1.807) is 12.1 Å². The highest BCUT2D eigenvalue weighted by molar-refractivity contribution is 7.89. The van der Waals surface area contributed by atoms with Gasteiger partial charge in [-0.1, -0.05) is 36.4 Å². The van der Waals surface area contributed by atoms with Gasteiger partial charge in [-0.15, -0.1) is 0 Å². The fourth-order valence-corrected chi connectivity index (χ4v) is 5.45. The Kier molecular flexibility index (Phi) is 8.45. The lowest BCUT2D eigenvalue weighted by Gasteiger charge is -2.30. The zero-order chi connectivity index (χ0) is 23.1. The third-order valence-electron chi connectivity index (χ3n) is 6.20. The first-order valence-electron chi connectivity index (χ1n) is 11.3. The summed E-state index contributed by atoms with van der Waals surface area (Å²) in [6, 6.07) is 15.3. The van der Waals surface area contributed by atoms with Crippen LogP contribution in [-0.4, -0.2) is 44.9 Å². The van der Waals surface area contributed by atoms with Crippen molar-refractivity contribution in [1.29, 1.82) is 0 Å². The van der Waals surface area contributed by atoms with E-state index in [1.165, 1.54) is 4.31 Å². The normalized spacial score (nSPS) is 16.6. The Balaban J connectivity index is 1.39. The molecule has 0 aliphatic carbocycles. The van der Waals surface area contributed by atoms with E-state index in [2.05, 4.69) is 5.32 Å². The maximum absolute atomic E-state index is 12.9. The summed E-state index contributed by atoms with van der Waals surface area (Å²) in [5, 5.41) is 2.98. The molecule has 32 heavy (non-hydrogen) atoms. The van der Waals surface area contributed by atoms with E-state index in [9.17, 15) is 13.2 Å². The molecular formula is C25H34N2O4S. The Morgan fingerprint density at radius 2 is 1.78 bits per heavy atom. The molecule has 174 valence electrons. The summed E-state index contributed by atoms with van der Waals surface area (Å²) in [5.74, 6) is -0.144. The maximum atomic E-state index is 12.9. The Morgan fingerprint density at radius 3 is 2.44 bits per heavy atom. The van der Waals surface area contributed by atoms with Crippen LogP contribution in [0.5, 0.6) is 0 Å². The maximum Gasteiger partial charge on any atom is 0.243 e. The number of hydrogen-bond acceptors (Lipinski definition) is 4. The molecule has 2 aromatic carbocycles. The summed E-state index contributed by atoms with van der Waals surface area (Å²) in [4.78, 5) is 12.8. The number of rotatable bonds is 9. The molecule has 1 atom stereocenters. The van der Waals surface area contributed by atoms with E-state index in [1.807, 2.05) is 57.2 Å². The molecule has 0 radical (unpaired) electrons. The van der Waals surface area contributed by atoms with Gasteiger partial charge in [0.05, 0.1) is 11.0 Å². The van der Waals surface area contributed by atoms with Crippen molar-refractivity contribution >= 4 is 15.9 Å². The van der Waals surface area contributed by atoms with Gasteiger partial charge in [-0.3, -0.25) is 4.79 Å². The number of hydrogen-bond donors (Lipinski definition) is 1. The van der Waals surface area contributed by atoms with Crippen LogP contribution in [0.4, 0.5) is 0 Å². The van der Waals surface area contributed by atoms with Gasteiger partial charge in [0.25, 0.3) is 0 Å². The molecule has 7 heteroatoms. The van der Waals surface area contributed by atoms with Gasteiger partial charge < -0.3 is 10.1 Å². The van der Waals surface area contributed by atoms with Crippen LogP contribution in [0.2, 0.25) is 0 Å². The van der Waals surface area contributed by atoms with Crippen molar-refractivity contribution in [2.75, 3.05) is 26.2 Å². The molecule has 0 aromatic heterocycles. The smallest absolute Gasteiger partial charge is 0.243 e. The monoisotopic (exact) mass is 458 g/mol. The Morgan fingerprint density at radius 1 is 1.09 bits per heavy atom. The molecule has 1 unspecified atom stereocenters. The highest BCUT2D eigenvalue weighted by atomic mass is 32.2. The molecule has 6 nitrogen and oxygen atoms in total. The van der Waals surface area contributed by atoms with Gasteiger partial charge in [0.15, 0.2) is 0 Å². The Bertz CT molecular complexity index is 1000. The van der Waals surface area contributed by atoms with Crippen molar-refractivity contribution in [2.24, 2.45) is 5.92 Å². The summed E-state index contributed by atoms with van der Waals surface area (Å²) in [7, 11) is -3.52. The highest BCUT2D eigenvalue weighted by Gasteiger charge is 2.32. The predicted octanol–water partition coefficient (Wildman–Crippen LogP) is 3.99. The van der Waals surface area contributed by atoms with Crippen LogP contribution in [0.25, 0.3) is 0 Å². The zero-order valence-electron chi connectivity index (χ0n) is 19.2. The van der Waals surface area contributed by atoms with Crippen LogP contribution in [0.3, 0.4) is 0 Å². The number of nitrogens with one attached hydrogen (secondary N) is 1. The lowest BCUT2D eigenvalue weighted by atomic mass is 9.97. The molecule has 0 bridgehead atoms. The molecular weight excluding hydrogens is 424 g/mol. The largest absolute Gasteiger partial charge is 0.374 e. The summed E-state index contributed by atoms with van der Waals surface area (Å²) in [6.07, 6.45) is 1.84. The molecule has 1 saturated heterocycles. The highest BCUT2D eigenvalue weighted by Crippen LogP contribution is 2.25. The van der Waals surface area contributed by atoms with Crippen molar-refractivity contribution in [1.82, 2.24) is 9.62 Å². The Hall–Kier alpha value is -2.22. The summed E-state index contributed by atoms with van der Waals surface area (Å²) >= 11 is 0. The standard InChI is InChI=1S/C25H34N2O4S/c1-19-10-11-24(18-20(19)2)32(29,30)27-15-12-23(13-16-27)25(28)26-14-7-17-31-21(3)22-8-5-4-6-9-22/h4-6,8-11,18,21,23H,7,12-17H2,1-3H3,(H,26,28). The summed E-state index contributed by atoms with van der Waals surface area (Å²) in [6.45, 7) is 7.76. The van der Waals surface area contributed by atoms with Crippen molar-refractivity contribution in [3.63, 3.8) is 0 Å². The lowest BCUT2D eigenvalue weighted by molar-refractivity contribution is -0.126. The number of carbonyl (C=O) groups is 1. The number of sulfonamides is 1. The van der Waals surface area contributed by atoms with Crippen LogP contribution in [0, 0.1) is 19.8 Å². The van der Waals surface area contributed by atoms with Gasteiger partial charge in [0.2, 0.25) is 15.9 Å². The number of carbonyl (C=O) groups excluding carboxylic acids is 1. The van der Waals surface area contributed by atoms with Crippen LogP contribution in [-0.2, 0) is 19.6 Å². The minimum Gasteiger partial charge on any atom is -0.374 e. The van der Waals surface area contributed by atoms with E-state index in [0.29, 0.717) is 44.0 Å². The average molecular weight is 459 g/mol. The van der Waals surface area contributed by atoms with Crippen LogP contribution in [0.1, 0.15) is 49.0 Å². The molecule has 1 fully saturated rings. The third kappa shape index (κ3) is 6.18. The average Bonchev–Trinajstić information content (AvgIpc) is 2.81. The second kappa shape index (κ2) is 11.1. The van der Waals surface area contributed by atoms with Gasteiger partial charge >= 0.3 is 0 Å². The van der Waals surface area contributed by atoms with Crippen molar-refractivity contribution < 1.29 is 17.9 Å². The minimum absolute atomic E-state index is 0.00401. The summed E-state index contributed by atoms with van der Waals surface area (Å²) in [5.41, 5.74) is 3.17. The number of aryl methyl sites for hydroxylation is 2. The molecule has 0 spiro atoms. The van der Waals surface area contributed by atoms with Crippen molar-refractivity contribution in [3.8, 4) is 0 Å². The second-order valence-corrected chi connectivity index (χ2v) is 10.4. The lowest BCUT2D eigenvalue weighted by Crippen LogP contribution is -2.43. The van der Waals surface area contributed by atoms with Crippen LogP contribution in [0.15, 0.2) is 53.4 Å². The molecule has 1 aliphatic rings. The minimum atomic E-state index is -3.52. The topological polar surface area (TPSA) is 75.7 Å². The molecule has 1 heterocycles. The van der Waals surface area contributed by atoms with Crippen LogP contribution < -0.4 is 5.32 Å². The van der Waals surface area contributed by atoms with Crippen molar-refractivity contribution in [3.05, 3.63) is 65.2 Å². The van der Waals surface area contributed by atoms with Gasteiger partial charge in [0, 0.05) is 32.2 Å². The zero-order valence-corrected chi connectivity index (χ0v) is 20.0. The predicted molar refractivity (Wildman–Crippen MR) is 126 cm³/mol. The first-order chi connectivity index (χ1) is 15.3. The van der Waals surface area contributed by atoms with E-state index in [4.69, 9.17) is 4.74 Å². The van der Waals surface area contributed by atoms with Gasteiger partial charge in [-0.2, -0.15) is 4.31 Å². The first kappa shape index (κ1) is 24.4. The number of amides is 1. The molecule has 0 saturated carbocycles. The first-order valence-corrected chi connectivity index (χ1v) is 12.7. The second-order valence-electron chi connectivity index (χ2n) is 8.49. The fourth-order valence-electron chi connectivity index (χ4n) is 3.89. The van der Waals surface area contributed by atoms with Gasteiger partial charge in [-0.25, -0.2) is 8.42 Å². The summed E-state index contributed by atoms with van der Waals surface area (Å²) < 4.78 is 33.2. The SMILES string of the molecule is Cc1ccc(S(=O)(=O)N2CCC(C(=O)NCCCOC(C)c3ccccc3)CC2)cc1C. The molecule has 3 rings (SSSR count). The Labute approximate surface area is 192 Å². The fraction of sp³-hybridized carbons (Fsp3) is 0.480. The quantitative estimate of drug-likeness (QED) is 0.577. The molecule has 1 aliphatic heterocycles. The molecule has 2 aromatic rings. The van der Waals surface area contributed by atoms with Crippen molar-refractivity contribution in [2.45, 2.75) is 51.0 Å².